The number of hydrogen-bond acceptors (Lipinski definition) is 4. The van der Waals surface area contributed by atoms with Crippen molar-refractivity contribution in [1.82, 2.24) is 9.78 Å². The molecule has 1 aromatic heterocycles. The van der Waals surface area contributed by atoms with Crippen molar-refractivity contribution in [2.75, 3.05) is 17.7 Å². The lowest BCUT2D eigenvalue weighted by Gasteiger charge is -2.18. The molecule has 0 bridgehead atoms. The van der Waals surface area contributed by atoms with Crippen LogP contribution in [0.1, 0.15) is 0 Å². The second kappa shape index (κ2) is 3.76. The Morgan fingerprint density at radius 2 is 2.33 bits per heavy atom. The highest BCUT2D eigenvalue weighted by atomic mass is 16.5. The van der Waals surface area contributed by atoms with Crippen molar-refractivity contribution in [2.24, 2.45) is 7.05 Å². The Morgan fingerprint density at radius 3 is 3.06 bits per heavy atom. The number of carbonyl (C=O) groups is 1. The van der Waals surface area contributed by atoms with Crippen molar-refractivity contribution in [1.29, 1.82) is 0 Å². The number of ether oxygens (including phenoxy) is 1. The fourth-order valence-electron chi connectivity index (χ4n) is 1.98. The molecule has 2 aromatic rings. The molecule has 92 valence electrons. The minimum atomic E-state index is -0.154. The zero-order valence-corrected chi connectivity index (χ0v) is 9.80. The molecular weight excluding hydrogens is 232 g/mol. The third-order valence-corrected chi connectivity index (χ3v) is 2.78. The van der Waals surface area contributed by atoms with Crippen molar-refractivity contribution < 1.29 is 9.53 Å². The summed E-state index contributed by atoms with van der Waals surface area (Å²) in [5.41, 5.74) is 8.21. The van der Waals surface area contributed by atoms with Gasteiger partial charge in [-0.2, -0.15) is 5.10 Å². The van der Waals surface area contributed by atoms with Gasteiger partial charge in [-0.3, -0.25) is 9.48 Å². The van der Waals surface area contributed by atoms with E-state index in [1.54, 1.807) is 4.68 Å². The zero-order chi connectivity index (χ0) is 12.7. The van der Waals surface area contributed by atoms with Gasteiger partial charge in [-0.05, 0) is 17.7 Å². The van der Waals surface area contributed by atoms with Crippen LogP contribution in [0.4, 0.5) is 11.5 Å². The maximum atomic E-state index is 11.3. The largest absolute Gasteiger partial charge is 0.482 e. The van der Waals surface area contributed by atoms with Gasteiger partial charge in [0.15, 0.2) is 12.4 Å². The predicted octanol–water partition coefficient (Wildman–Crippen LogP) is 1.00. The van der Waals surface area contributed by atoms with Crippen LogP contribution in [0, 0.1) is 0 Å². The number of rotatable bonds is 1. The summed E-state index contributed by atoms with van der Waals surface area (Å²) in [7, 11) is 1.81. The third-order valence-electron chi connectivity index (χ3n) is 2.78. The molecule has 2 heterocycles. The fourth-order valence-corrected chi connectivity index (χ4v) is 1.98. The van der Waals surface area contributed by atoms with Gasteiger partial charge >= 0.3 is 0 Å². The number of anilines is 2. The van der Waals surface area contributed by atoms with Gasteiger partial charge in [-0.25, -0.2) is 0 Å². The first kappa shape index (κ1) is 10.6. The second-order valence-corrected chi connectivity index (χ2v) is 4.15. The molecule has 1 amide bonds. The van der Waals surface area contributed by atoms with E-state index in [9.17, 15) is 4.79 Å². The Hall–Kier alpha value is -2.50. The number of fused-ring (bicyclic) bond motifs is 1. The normalized spacial score (nSPS) is 13.7. The molecule has 0 saturated carbocycles. The van der Waals surface area contributed by atoms with Crippen LogP contribution in [0.15, 0.2) is 24.4 Å². The van der Waals surface area contributed by atoms with E-state index < -0.39 is 0 Å². The lowest BCUT2D eigenvalue weighted by atomic mass is 10.1. The molecule has 0 spiro atoms. The molecule has 0 atom stereocenters. The number of hydrogen-bond donors (Lipinski definition) is 2. The summed E-state index contributed by atoms with van der Waals surface area (Å²) in [6.45, 7) is 0.0569. The van der Waals surface area contributed by atoms with Gasteiger partial charge in [0.2, 0.25) is 0 Å². The minimum absolute atomic E-state index is 0.0569. The van der Waals surface area contributed by atoms with Crippen molar-refractivity contribution in [2.45, 2.75) is 0 Å². The topological polar surface area (TPSA) is 82.2 Å². The van der Waals surface area contributed by atoms with Crippen molar-refractivity contribution in [3.05, 3.63) is 24.4 Å². The number of aromatic nitrogens is 2. The van der Waals surface area contributed by atoms with E-state index in [1.807, 2.05) is 31.4 Å². The highest BCUT2D eigenvalue weighted by molar-refractivity contribution is 5.96. The molecule has 3 N–H and O–H groups in total. The van der Waals surface area contributed by atoms with Crippen molar-refractivity contribution >= 4 is 17.4 Å². The Morgan fingerprint density at radius 1 is 1.50 bits per heavy atom. The molecule has 1 aliphatic rings. The molecule has 1 aliphatic heterocycles. The fraction of sp³-hybridized carbons (Fsp3) is 0.167. The van der Waals surface area contributed by atoms with E-state index in [0.29, 0.717) is 17.3 Å². The van der Waals surface area contributed by atoms with E-state index in [2.05, 4.69) is 10.4 Å². The number of aryl methyl sites for hydroxylation is 1. The zero-order valence-electron chi connectivity index (χ0n) is 9.80. The standard InChI is InChI=1S/C12H12N4O2/c1-16-5-8(12(13)15-16)7-2-3-10-9(4-7)14-11(17)6-18-10/h2-5H,6H2,1H3,(H2,13,15)(H,14,17). The second-order valence-electron chi connectivity index (χ2n) is 4.15. The molecule has 0 saturated heterocycles. The van der Waals surface area contributed by atoms with Crippen LogP contribution in [0.5, 0.6) is 5.75 Å². The molecule has 1 aromatic carbocycles. The quantitative estimate of drug-likeness (QED) is 0.784. The highest BCUT2D eigenvalue weighted by Gasteiger charge is 2.17. The summed E-state index contributed by atoms with van der Waals surface area (Å²) in [6.07, 6.45) is 1.84. The summed E-state index contributed by atoms with van der Waals surface area (Å²) in [6, 6.07) is 5.54. The lowest BCUT2D eigenvalue weighted by molar-refractivity contribution is -0.118. The van der Waals surface area contributed by atoms with Crippen LogP contribution in [0.2, 0.25) is 0 Å². The van der Waals surface area contributed by atoms with Crippen LogP contribution in [-0.2, 0) is 11.8 Å². The number of nitrogens with zero attached hydrogens (tertiary/aromatic N) is 2. The average molecular weight is 244 g/mol. The number of nitrogens with two attached hydrogens (primary N) is 1. The van der Waals surface area contributed by atoms with E-state index in [4.69, 9.17) is 10.5 Å². The summed E-state index contributed by atoms with van der Waals surface area (Å²) >= 11 is 0. The van der Waals surface area contributed by atoms with Gasteiger partial charge in [-0.1, -0.05) is 6.07 Å². The van der Waals surface area contributed by atoms with Gasteiger partial charge in [0, 0.05) is 18.8 Å². The van der Waals surface area contributed by atoms with E-state index in [-0.39, 0.29) is 12.5 Å². The SMILES string of the molecule is Cn1cc(-c2ccc3c(c2)NC(=O)CO3)c(N)n1. The smallest absolute Gasteiger partial charge is 0.262 e. The number of benzene rings is 1. The summed E-state index contributed by atoms with van der Waals surface area (Å²) in [4.78, 5) is 11.3. The maximum Gasteiger partial charge on any atom is 0.262 e. The Kier molecular flexibility index (Phi) is 2.22. The average Bonchev–Trinajstić information content (AvgIpc) is 2.67. The Balaban J connectivity index is 2.07. The maximum absolute atomic E-state index is 11.3. The summed E-state index contributed by atoms with van der Waals surface area (Å²) < 4.78 is 6.95. The van der Waals surface area contributed by atoms with Gasteiger partial charge in [-0.15, -0.1) is 0 Å². The summed E-state index contributed by atoms with van der Waals surface area (Å²) in [5.74, 6) is 0.972. The van der Waals surface area contributed by atoms with Gasteiger partial charge < -0.3 is 15.8 Å². The predicted molar refractivity (Wildman–Crippen MR) is 67.2 cm³/mol. The molecule has 6 heteroatoms. The van der Waals surface area contributed by atoms with Gasteiger partial charge in [0.1, 0.15) is 5.75 Å². The molecule has 6 nitrogen and oxygen atoms in total. The summed E-state index contributed by atoms with van der Waals surface area (Å²) in [5, 5.41) is 6.85. The van der Waals surface area contributed by atoms with Gasteiger partial charge in [0.05, 0.1) is 5.69 Å². The minimum Gasteiger partial charge on any atom is -0.482 e. The molecule has 0 unspecified atom stereocenters. The van der Waals surface area contributed by atoms with Crippen LogP contribution in [0.3, 0.4) is 0 Å². The molecule has 18 heavy (non-hydrogen) atoms. The van der Waals surface area contributed by atoms with Gasteiger partial charge in [0.25, 0.3) is 5.91 Å². The molecular formula is C12H12N4O2. The third kappa shape index (κ3) is 1.67. The monoisotopic (exact) mass is 244 g/mol. The molecule has 0 radical (unpaired) electrons. The Labute approximate surface area is 103 Å². The number of nitrogens with one attached hydrogen (secondary N) is 1. The Bertz CT molecular complexity index is 633. The van der Waals surface area contributed by atoms with E-state index in [0.717, 1.165) is 11.1 Å². The van der Waals surface area contributed by atoms with Crippen LogP contribution in [-0.4, -0.2) is 22.3 Å². The van der Waals surface area contributed by atoms with E-state index >= 15 is 0 Å². The first-order valence-electron chi connectivity index (χ1n) is 5.49. The number of amides is 1. The van der Waals surface area contributed by atoms with Crippen LogP contribution in [0.25, 0.3) is 11.1 Å². The van der Waals surface area contributed by atoms with Crippen molar-refractivity contribution in [3.8, 4) is 16.9 Å². The first-order valence-corrected chi connectivity index (χ1v) is 5.49. The molecule has 0 fully saturated rings. The first-order chi connectivity index (χ1) is 8.63. The highest BCUT2D eigenvalue weighted by Crippen LogP contribution is 2.34. The van der Waals surface area contributed by atoms with Crippen LogP contribution >= 0.6 is 0 Å². The van der Waals surface area contributed by atoms with Crippen LogP contribution < -0.4 is 15.8 Å². The molecule has 0 aliphatic carbocycles. The number of nitrogen functional groups attached to an aromatic ring is 1. The number of carbonyl (C=O) groups excluding carboxylic acids is 1. The van der Waals surface area contributed by atoms with E-state index in [1.165, 1.54) is 0 Å². The molecule has 3 rings (SSSR count). The lowest BCUT2D eigenvalue weighted by Crippen LogP contribution is -2.25. The van der Waals surface area contributed by atoms with Crippen molar-refractivity contribution in [3.63, 3.8) is 0 Å².